The summed E-state index contributed by atoms with van der Waals surface area (Å²) in [4.78, 5) is 25.3. The molecule has 19 heavy (non-hydrogen) atoms. The van der Waals surface area contributed by atoms with E-state index in [4.69, 9.17) is 0 Å². The van der Waals surface area contributed by atoms with Crippen molar-refractivity contribution in [1.29, 1.82) is 0 Å². The molecule has 1 amide bonds. The molecule has 1 fully saturated rings. The number of rotatable bonds is 3. The van der Waals surface area contributed by atoms with E-state index >= 15 is 0 Å². The molecule has 1 saturated carbocycles. The number of hydrogen-bond donors (Lipinski definition) is 3. The topological polar surface area (TPSA) is 82.2 Å². The van der Waals surface area contributed by atoms with Gasteiger partial charge in [-0.15, -0.1) is 0 Å². The maximum atomic E-state index is 11.9. The molecule has 0 radical (unpaired) electrons. The molecule has 5 nitrogen and oxygen atoms in total. The Labute approximate surface area is 112 Å². The average Bonchev–Trinajstić information content (AvgIpc) is 2.62. The van der Waals surface area contributed by atoms with Crippen LogP contribution in [0.2, 0.25) is 0 Å². The van der Waals surface area contributed by atoms with E-state index in [2.05, 4.69) is 10.3 Å². The van der Waals surface area contributed by atoms with E-state index in [-0.39, 0.29) is 18.0 Å². The Kier molecular flexibility index (Phi) is 4.37. The summed E-state index contributed by atoms with van der Waals surface area (Å²) in [5, 5.41) is 13.2. The molecule has 1 aromatic rings. The van der Waals surface area contributed by atoms with Gasteiger partial charge in [0.1, 0.15) is 0 Å². The number of hydrogen-bond acceptors (Lipinski definition) is 3. The van der Waals surface area contributed by atoms with Gasteiger partial charge in [0.05, 0.1) is 11.2 Å². The summed E-state index contributed by atoms with van der Waals surface area (Å²) in [6.07, 6.45) is 7.16. The van der Waals surface area contributed by atoms with Crippen molar-refractivity contribution in [2.24, 2.45) is 0 Å². The fourth-order valence-electron chi connectivity index (χ4n) is 2.46. The Hall–Kier alpha value is -1.62. The van der Waals surface area contributed by atoms with E-state index in [1.807, 2.05) is 0 Å². The maximum absolute atomic E-state index is 11.9. The second-order valence-corrected chi connectivity index (χ2v) is 5.26. The van der Waals surface area contributed by atoms with Gasteiger partial charge in [0, 0.05) is 18.8 Å². The van der Waals surface area contributed by atoms with E-state index in [0.29, 0.717) is 5.56 Å². The SMILES string of the molecule is O=C(NCC1(O)CCCCCC1)c1ccc(=O)[nH]c1. The van der Waals surface area contributed by atoms with Crippen LogP contribution in [0.5, 0.6) is 0 Å². The van der Waals surface area contributed by atoms with Crippen molar-refractivity contribution >= 4 is 5.91 Å². The zero-order valence-corrected chi connectivity index (χ0v) is 10.9. The minimum Gasteiger partial charge on any atom is -0.388 e. The molecule has 5 heteroatoms. The number of H-pyrrole nitrogens is 1. The van der Waals surface area contributed by atoms with Crippen molar-refractivity contribution < 1.29 is 9.90 Å². The zero-order valence-electron chi connectivity index (χ0n) is 10.9. The lowest BCUT2D eigenvalue weighted by Gasteiger charge is -2.26. The molecule has 0 bridgehead atoms. The van der Waals surface area contributed by atoms with Gasteiger partial charge in [0.2, 0.25) is 5.56 Å². The molecule has 1 heterocycles. The zero-order chi connectivity index (χ0) is 13.7. The van der Waals surface area contributed by atoms with Crippen LogP contribution in [0.1, 0.15) is 48.9 Å². The molecule has 0 aliphatic heterocycles. The van der Waals surface area contributed by atoms with Crippen LogP contribution < -0.4 is 10.9 Å². The second kappa shape index (κ2) is 6.02. The van der Waals surface area contributed by atoms with Crippen molar-refractivity contribution in [2.45, 2.75) is 44.1 Å². The van der Waals surface area contributed by atoms with E-state index in [0.717, 1.165) is 38.5 Å². The van der Waals surface area contributed by atoms with Crippen molar-refractivity contribution in [2.75, 3.05) is 6.54 Å². The number of amides is 1. The molecule has 0 saturated heterocycles. The van der Waals surface area contributed by atoms with Crippen LogP contribution in [-0.2, 0) is 0 Å². The first kappa shape index (κ1) is 13.8. The number of aliphatic hydroxyl groups is 1. The normalized spacial score (nSPS) is 18.6. The highest BCUT2D eigenvalue weighted by molar-refractivity contribution is 5.93. The molecule has 0 atom stereocenters. The van der Waals surface area contributed by atoms with E-state index < -0.39 is 5.60 Å². The minimum atomic E-state index is -0.783. The van der Waals surface area contributed by atoms with Crippen LogP contribution in [0.15, 0.2) is 23.1 Å². The first-order valence-electron chi connectivity index (χ1n) is 6.78. The lowest BCUT2D eigenvalue weighted by molar-refractivity contribution is 0.0246. The molecular weight excluding hydrogens is 244 g/mol. The maximum Gasteiger partial charge on any atom is 0.252 e. The minimum absolute atomic E-state index is 0.237. The van der Waals surface area contributed by atoms with Gasteiger partial charge in [-0.3, -0.25) is 9.59 Å². The molecule has 1 aliphatic rings. The van der Waals surface area contributed by atoms with Crippen LogP contribution in [0.4, 0.5) is 0 Å². The number of carbonyl (C=O) groups excluding carboxylic acids is 1. The van der Waals surface area contributed by atoms with Gasteiger partial charge in [-0.25, -0.2) is 0 Å². The quantitative estimate of drug-likeness (QED) is 0.717. The van der Waals surface area contributed by atoms with Gasteiger partial charge in [-0.2, -0.15) is 0 Å². The van der Waals surface area contributed by atoms with Crippen LogP contribution >= 0.6 is 0 Å². The number of aromatic nitrogens is 1. The highest BCUT2D eigenvalue weighted by Crippen LogP contribution is 2.26. The lowest BCUT2D eigenvalue weighted by Crippen LogP contribution is -2.42. The predicted molar refractivity (Wildman–Crippen MR) is 72.0 cm³/mol. The predicted octanol–water partition coefficient (Wildman–Crippen LogP) is 1.19. The van der Waals surface area contributed by atoms with E-state index in [1.54, 1.807) is 0 Å². The largest absolute Gasteiger partial charge is 0.388 e. The highest BCUT2D eigenvalue weighted by atomic mass is 16.3. The third kappa shape index (κ3) is 3.92. The fraction of sp³-hybridized carbons (Fsp3) is 0.571. The number of pyridine rings is 1. The van der Waals surface area contributed by atoms with Gasteiger partial charge in [0.15, 0.2) is 0 Å². The van der Waals surface area contributed by atoms with Gasteiger partial charge in [-0.1, -0.05) is 25.7 Å². The Morgan fingerprint density at radius 2 is 1.95 bits per heavy atom. The van der Waals surface area contributed by atoms with Crippen molar-refractivity contribution in [3.63, 3.8) is 0 Å². The molecular formula is C14H20N2O3. The molecule has 2 rings (SSSR count). The number of aromatic amines is 1. The Morgan fingerprint density at radius 3 is 2.53 bits per heavy atom. The van der Waals surface area contributed by atoms with E-state index in [1.165, 1.54) is 18.3 Å². The average molecular weight is 264 g/mol. The summed E-state index contributed by atoms with van der Waals surface area (Å²) < 4.78 is 0. The van der Waals surface area contributed by atoms with Crippen LogP contribution in [0.3, 0.4) is 0 Å². The lowest BCUT2D eigenvalue weighted by atomic mass is 9.94. The Bertz CT molecular complexity index is 467. The molecule has 1 aromatic heterocycles. The van der Waals surface area contributed by atoms with Gasteiger partial charge >= 0.3 is 0 Å². The first-order chi connectivity index (χ1) is 9.09. The summed E-state index contributed by atoms with van der Waals surface area (Å²) >= 11 is 0. The van der Waals surface area contributed by atoms with Crippen LogP contribution in [-0.4, -0.2) is 28.1 Å². The summed E-state index contributed by atoms with van der Waals surface area (Å²) in [6.45, 7) is 0.269. The van der Waals surface area contributed by atoms with Gasteiger partial charge < -0.3 is 15.4 Å². The van der Waals surface area contributed by atoms with Crippen molar-refractivity contribution in [3.8, 4) is 0 Å². The van der Waals surface area contributed by atoms with Gasteiger partial charge in [0.25, 0.3) is 5.91 Å². The fourth-order valence-corrected chi connectivity index (χ4v) is 2.46. The van der Waals surface area contributed by atoms with E-state index in [9.17, 15) is 14.7 Å². The second-order valence-electron chi connectivity index (χ2n) is 5.26. The Balaban J connectivity index is 1.92. The standard InChI is InChI=1S/C14H20N2O3/c17-12-6-5-11(9-15-12)13(18)16-10-14(19)7-3-1-2-4-8-14/h5-6,9,19H,1-4,7-8,10H2,(H,15,17)(H,16,18). The monoisotopic (exact) mass is 264 g/mol. The molecule has 0 spiro atoms. The van der Waals surface area contributed by atoms with Gasteiger partial charge in [-0.05, 0) is 18.9 Å². The van der Waals surface area contributed by atoms with Crippen molar-refractivity contribution in [1.82, 2.24) is 10.3 Å². The molecule has 3 N–H and O–H groups in total. The van der Waals surface area contributed by atoms with Crippen LogP contribution in [0, 0.1) is 0 Å². The summed E-state index contributed by atoms with van der Waals surface area (Å²) in [7, 11) is 0. The molecule has 1 aliphatic carbocycles. The van der Waals surface area contributed by atoms with Crippen LogP contribution in [0.25, 0.3) is 0 Å². The first-order valence-corrected chi connectivity index (χ1v) is 6.78. The third-order valence-corrected chi connectivity index (χ3v) is 3.66. The third-order valence-electron chi connectivity index (χ3n) is 3.66. The summed E-state index contributed by atoms with van der Waals surface area (Å²) in [5.41, 5.74) is -0.621. The summed E-state index contributed by atoms with van der Waals surface area (Å²) in [6, 6.07) is 2.79. The highest BCUT2D eigenvalue weighted by Gasteiger charge is 2.28. The van der Waals surface area contributed by atoms with Crippen molar-refractivity contribution in [3.05, 3.63) is 34.2 Å². The number of carbonyl (C=O) groups is 1. The summed E-state index contributed by atoms with van der Waals surface area (Å²) in [5.74, 6) is -0.270. The Morgan fingerprint density at radius 1 is 1.26 bits per heavy atom. The number of nitrogens with one attached hydrogen (secondary N) is 2. The molecule has 0 unspecified atom stereocenters. The smallest absolute Gasteiger partial charge is 0.252 e. The molecule has 0 aromatic carbocycles. The molecule has 104 valence electrons.